The van der Waals surface area contributed by atoms with Gasteiger partial charge in [-0.15, -0.1) is 0 Å². The molecule has 1 aromatic rings. The monoisotopic (exact) mass is 307 g/mol. The molecule has 0 bridgehead atoms. The first-order valence-corrected chi connectivity index (χ1v) is 7.71. The van der Waals surface area contributed by atoms with E-state index in [1.54, 1.807) is 0 Å². The van der Waals surface area contributed by atoms with E-state index in [0.29, 0.717) is 32.4 Å². The van der Waals surface area contributed by atoms with Crippen molar-refractivity contribution >= 4 is 23.5 Å². The predicted molar refractivity (Wildman–Crippen MR) is 79.0 cm³/mol. The molecule has 2 atom stereocenters. The summed E-state index contributed by atoms with van der Waals surface area (Å²) in [6.07, 6.45) is 2.61. The fourth-order valence-electron chi connectivity index (χ4n) is 3.40. The number of nitrogens with zero attached hydrogens (tertiary/aromatic N) is 1. The maximum absolute atomic E-state index is 12.6. The van der Waals surface area contributed by atoms with E-state index in [9.17, 15) is 9.59 Å². The second-order valence-corrected chi connectivity index (χ2v) is 6.40. The van der Waals surface area contributed by atoms with Gasteiger partial charge in [0.05, 0.1) is 5.92 Å². The topological polar surface area (TPSA) is 57.6 Å². The quantitative estimate of drug-likeness (QED) is 0.914. The number of aliphatic carboxylic acids is 1. The lowest BCUT2D eigenvalue weighted by Gasteiger charge is -2.31. The van der Waals surface area contributed by atoms with E-state index in [2.05, 4.69) is 0 Å². The van der Waals surface area contributed by atoms with Crippen LogP contribution in [0, 0.1) is 11.8 Å². The minimum atomic E-state index is -0.774. The maximum Gasteiger partial charge on any atom is 0.306 e. The lowest BCUT2D eigenvalue weighted by atomic mass is 9.97. The Hall–Kier alpha value is -1.55. The van der Waals surface area contributed by atoms with Gasteiger partial charge in [-0.05, 0) is 48.9 Å². The smallest absolute Gasteiger partial charge is 0.306 e. The van der Waals surface area contributed by atoms with Crippen molar-refractivity contribution in [3.05, 3.63) is 34.3 Å². The zero-order chi connectivity index (χ0) is 15.0. The van der Waals surface area contributed by atoms with Crippen molar-refractivity contribution in [1.82, 2.24) is 4.90 Å². The van der Waals surface area contributed by atoms with E-state index >= 15 is 0 Å². The van der Waals surface area contributed by atoms with Gasteiger partial charge in [-0.2, -0.15) is 0 Å². The molecule has 0 aromatic heterocycles. The van der Waals surface area contributed by atoms with Gasteiger partial charge in [0.2, 0.25) is 5.91 Å². The average molecular weight is 308 g/mol. The van der Waals surface area contributed by atoms with Gasteiger partial charge in [0.25, 0.3) is 0 Å². The minimum absolute atomic E-state index is 0.111. The van der Waals surface area contributed by atoms with Gasteiger partial charge >= 0.3 is 5.97 Å². The van der Waals surface area contributed by atoms with Crippen LogP contribution in [-0.4, -0.2) is 28.4 Å². The largest absolute Gasteiger partial charge is 0.481 e. The van der Waals surface area contributed by atoms with Gasteiger partial charge < -0.3 is 10.0 Å². The van der Waals surface area contributed by atoms with Crippen molar-refractivity contribution in [3.63, 3.8) is 0 Å². The molecule has 1 N–H and O–H groups in total. The second-order valence-electron chi connectivity index (χ2n) is 5.97. The summed E-state index contributed by atoms with van der Waals surface area (Å²) in [5.41, 5.74) is 2.35. The molecular weight excluding hydrogens is 290 g/mol. The third-order valence-corrected chi connectivity index (χ3v) is 4.86. The van der Waals surface area contributed by atoms with E-state index in [1.165, 1.54) is 5.56 Å². The molecule has 0 saturated heterocycles. The highest BCUT2D eigenvalue weighted by Gasteiger charge is 2.36. The molecule has 1 saturated carbocycles. The molecule has 2 aliphatic rings. The summed E-state index contributed by atoms with van der Waals surface area (Å²) >= 11 is 5.99. The summed E-state index contributed by atoms with van der Waals surface area (Å²) in [4.78, 5) is 25.4. The van der Waals surface area contributed by atoms with Gasteiger partial charge in [0.1, 0.15) is 0 Å². The molecule has 1 aliphatic carbocycles. The van der Waals surface area contributed by atoms with Gasteiger partial charge in [-0.1, -0.05) is 17.7 Å². The predicted octanol–water partition coefficient (Wildman–Crippen LogP) is 2.73. The van der Waals surface area contributed by atoms with Gasteiger partial charge in [-0.3, -0.25) is 9.59 Å². The Morgan fingerprint density at radius 3 is 2.67 bits per heavy atom. The van der Waals surface area contributed by atoms with Crippen LogP contribution in [0.5, 0.6) is 0 Å². The van der Waals surface area contributed by atoms with E-state index in [0.717, 1.165) is 17.0 Å². The number of carbonyl (C=O) groups excluding carboxylic acids is 1. The van der Waals surface area contributed by atoms with Crippen LogP contribution in [0.4, 0.5) is 0 Å². The molecule has 112 valence electrons. The van der Waals surface area contributed by atoms with Crippen LogP contribution in [0.2, 0.25) is 5.02 Å². The Bertz CT molecular complexity index is 587. The molecule has 1 heterocycles. The molecule has 1 fully saturated rings. The molecule has 1 aliphatic heterocycles. The SMILES string of the molecule is O=C(O)[C@@H]1CC[C@H](C(=O)N2CCc3cc(Cl)ccc3C2)C1. The van der Waals surface area contributed by atoms with Crippen LogP contribution in [0.25, 0.3) is 0 Å². The van der Waals surface area contributed by atoms with Crippen LogP contribution in [0.3, 0.4) is 0 Å². The van der Waals surface area contributed by atoms with Crippen molar-refractivity contribution in [1.29, 1.82) is 0 Å². The fraction of sp³-hybridized carbons (Fsp3) is 0.500. The maximum atomic E-state index is 12.6. The lowest BCUT2D eigenvalue weighted by molar-refractivity contribution is -0.141. The highest BCUT2D eigenvalue weighted by Crippen LogP contribution is 2.33. The number of carboxylic acids is 1. The van der Waals surface area contributed by atoms with Crippen LogP contribution < -0.4 is 0 Å². The number of fused-ring (bicyclic) bond motifs is 1. The van der Waals surface area contributed by atoms with Crippen molar-refractivity contribution in [2.45, 2.75) is 32.2 Å². The molecule has 1 aromatic carbocycles. The Labute approximate surface area is 128 Å². The zero-order valence-corrected chi connectivity index (χ0v) is 12.5. The van der Waals surface area contributed by atoms with E-state index in [4.69, 9.17) is 16.7 Å². The number of hydrogen-bond donors (Lipinski definition) is 1. The number of rotatable bonds is 2. The summed E-state index contributed by atoms with van der Waals surface area (Å²) in [6, 6.07) is 5.80. The molecule has 5 heteroatoms. The van der Waals surface area contributed by atoms with Crippen molar-refractivity contribution in [2.75, 3.05) is 6.54 Å². The number of halogens is 1. The van der Waals surface area contributed by atoms with Crippen molar-refractivity contribution in [3.8, 4) is 0 Å². The third kappa shape index (κ3) is 2.91. The first-order chi connectivity index (χ1) is 10.0. The Balaban J connectivity index is 1.67. The zero-order valence-electron chi connectivity index (χ0n) is 11.7. The lowest BCUT2D eigenvalue weighted by Crippen LogP contribution is -2.39. The minimum Gasteiger partial charge on any atom is -0.481 e. The Morgan fingerprint density at radius 1 is 1.19 bits per heavy atom. The summed E-state index contributed by atoms with van der Waals surface area (Å²) in [5, 5.41) is 9.77. The Morgan fingerprint density at radius 2 is 1.95 bits per heavy atom. The van der Waals surface area contributed by atoms with Gasteiger partial charge in [-0.25, -0.2) is 0 Å². The fourth-order valence-corrected chi connectivity index (χ4v) is 3.59. The van der Waals surface area contributed by atoms with E-state index < -0.39 is 5.97 Å². The van der Waals surface area contributed by atoms with Crippen molar-refractivity contribution in [2.24, 2.45) is 11.8 Å². The number of carbonyl (C=O) groups is 2. The molecule has 1 amide bonds. The van der Waals surface area contributed by atoms with Crippen LogP contribution in [0.15, 0.2) is 18.2 Å². The highest BCUT2D eigenvalue weighted by atomic mass is 35.5. The molecular formula is C16H18ClNO3. The molecule has 0 spiro atoms. The first kappa shape index (κ1) is 14.4. The van der Waals surface area contributed by atoms with Gasteiger partial charge in [0.15, 0.2) is 0 Å². The second kappa shape index (κ2) is 5.68. The summed E-state index contributed by atoms with van der Waals surface area (Å²) in [7, 11) is 0. The molecule has 0 unspecified atom stereocenters. The van der Waals surface area contributed by atoms with Crippen LogP contribution in [0.1, 0.15) is 30.4 Å². The van der Waals surface area contributed by atoms with E-state index in [1.807, 2.05) is 23.1 Å². The molecule has 21 heavy (non-hydrogen) atoms. The summed E-state index contributed by atoms with van der Waals surface area (Å²) < 4.78 is 0. The Kier molecular flexibility index (Phi) is 3.89. The number of carboxylic acid groups (broad SMARTS) is 1. The molecule has 4 nitrogen and oxygen atoms in total. The first-order valence-electron chi connectivity index (χ1n) is 7.33. The number of hydrogen-bond acceptors (Lipinski definition) is 2. The standard InChI is InChI=1S/C16H18ClNO3/c17-14-4-3-13-9-18(6-5-10(13)8-14)15(19)11-1-2-12(7-11)16(20)21/h3-4,8,11-12H,1-2,5-7,9H2,(H,20,21)/t11-,12+/m0/s1. The van der Waals surface area contributed by atoms with Gasteiger partial charge in [0, 0.05) is 24.0 Å². The summed E-state index contributed by atoms with van der Waals surface area (Å²) in [5.74, 6) is -1.14. The summed E-state index contributed by atoms with van der Waals surface area (Å²) in [6.45, 7) is 1.31. The van der Waals surface area contributed by atoms with Crippen molar-refractivity contribution < 1.29 is 14.7 Å². The number of benzene rings is 1. The number of amides is 1. The molecule has 3 rings (SSSR count). The average Bonchev–Trinajstić information content (AvgIpc) is 2.96. The third-order valence-electron chi connectivity index (χ3n) is 4.62. The highest BCUT2D eigenvalue weighted by molar-refractivity contribution is 6.30. The normalized spacial score (nSPS) is 24.7. The van der Waals surface area contributed by atoms with Crippen LogP contribution in [-0.2, 0) is 22.6 Å². The van der Waals surface area contributed by atoms with Crippen LogP contribution >= 0.6 is 11.6 Å². The molecule has 0 radical (unpaired) electrons. The van der Waals surface area contributed by atoms with E-state index in [-0.39, 0.29) is 17.7 Å².